The van der Waals surface area contributed by atoms with Gasteiger partial charge in [0.15, 0.2) is 18.1 Å². The Morgan fingerprint density at radius 1 is 1.08 bits per heavy atom. The number of fused-ring (bicyclic) bond motifs is 1. The van der Waals surface area contributed by atoms with E-state index in [9.17, 15) is 14.4 Å². The predicted molar refractivity (Wildman–Crippen MR) is 142 cm³/mol. The zero-order valence-electron chi connectivity index (χ0n) is 20.7. The van der Waals surface area contributed by atoms with Gasteiger partial charge in [0.1, 0.15) is 5.75 Å². The number of halogens is 1. The fourth-order valence-electron chi connectivity index (χ4n) is 4.32. The van der Waals surface area contributed by atoms with Gasteiger partial charge >= 0.3 is 0 Å². The number of amides is 3. The molecular formula is C28H26ClN3O6. The molecule has 0 aromatic heterocycles. The molecule has 2 aliphatic rings. The molecule has 2 N–H and O–H groups in total. The smallest absolute Gasteiger partial charge is 0.262 e. The van der Waals surface area contributed by atoms with Crippen LogP contribution in [-0.4, -0.2) is 37.7 Å². The SMILES string of the molecule is Cc1c(Cl)cccc1NC(=O)COc1ccc(N2C[C@H](C(=O)NCc3ccc4c(c3)OCO4)CC2=O)cc1. The topological polar surface area (TPSA) is 106 Å². The highest BCUT2D eigenvalue weighted by Gasteiger charge is 2.35. The van der Waals surface area contributed by atoms with Gasteiger partial charge in [0.05, 0.1) is 5.92 Å². The normalized spacial score (nSPS) is 15.9. The van der Waals surface area contributed by atoms with Crippen LogP contribution in [0.1, 0.15) is 17.5 Å². The Hall–Kier alpha value is -4.24. The van der Waals surface area contributed by atoms with E-state index in [1.165, 1.54) is 0 Å². The van der Waals surface area contributed by atoms with E-state index in [4.69, 9.17) is 25.8 Å². The summed E-state index contributed by atoms with van der Waals surface area (Å²) in [6.45, 7) is 2.45. The van der Waals surface area contributed by atoms with Crippen molar-refractivity contribution in [1.29, 1.82) is 0 Å². The number of hydrogen-bond acceptors (Lipinski definition) is 6. The molecule has 3 aromatic rings. The molecule has 1 fully saturated rings. The number of nitrogens with one attached hydrogen (secondary N) is 2. The minimum atomic E-state index is -0.453. The molecule has 0 unspecified atom stereocenters. The number of carbonyl (C=O) groups is 3. The maximum Gasteiger partial charge on any atom is 0.262 e. The number of benzene rings is 3. The maximum atomic E-state index is 12.7. The van der Waals surface area contributed by atoms with Crippen LogP contribution in [0.4, 0.5) is 11.4 Å². The van der Waals surface area contributed by atoms with Crippen LogP contribution in [0.2, 0.25) is 5.02 Å². The summed E-state index contributed by atoms with van der Waals surface area (Å²) in [6.07, 6.45) is 0.133. The van der Waals surface area contributed by atoms with Crippen LogP contribution in [0.25, 0.3) is 0 Å². The van der Waals surface area contributed by atoms with Gasteiger partial charge in [-0.1, -0.05) is 23.7 Å². The Labute approximate surface area is 224 Å². The van der Waals surface area contributed by atoms with Crippen LogP contribution < -0.4 is 29.7 Å². The number of nitrogens with zero attached hydrogens (tertiary/aromatic N) is 1. The maximum absolute atomic E-state index is 12.7. The molecule has 2 aliphatic heterocycles. The number of rotatable bonds is 8. The Bertz CT molecular complexity index is 1380. The van der Waals surface area contributed by atoms with E-state index < -0.39 is 5.92 Å². The van der Waals surface area contributed by atoms with Gasteiger partial charge in [-0.15, -0.1) is 0 Å². The third-order valence-corrected chi connectivity index (χ3v) is 6.87. The third-order valence-electron chi connectivity index (χ3n) is 6.46. The number of carbonyl (C=O) groups excluding carboxylic acids is 3. The van der Waals surface area contributed by atoms with Gasteiger partial charge in [0, 0.05) is 35.9 Å². The number of anilines is 2. The van der Waals surface area contributed by atoms with Crippen LogP contribution >= 0.6 is 11.6 Å². The second-order valence-electron chi connectivity index (χ2n) is 9.05. The molecule has 10 heteroatoms. The summed E-state index contributed by atoms with van der Waals surface area (Å²) >= 11 is 6.09. The van der Waals surface area contributed by atoms with Gasteiger partial charge < -0.3 is 29.7 Å². The lowest BCUT2D eigenvalue weighted by molar-refractivity contribution is -0.126. The van der Waals surface area contributed by atoms with Crippen molar-refractivity contribution in [2.24, 2.45) is 5.92 Å². The molecule has 0 aliphatic carbocycles. The summed E-state index contributed by atoms with van der Waals surface area (Å²) in [4.78, 5) is 39.2. The summed E-state index contributed by atoms with van der Waals surface area (Å²) in [7, 11) is 0. The fourth-order valence-corrected chi connectivity index (χ4v) is 4.49. The highest BCUT2D eigenvalue weighted by molar-refractivity contribution is 6.31. The van der Waals surface area contributed by atoms with Crippen LogP contribution in [0.15, 0.2) is 60.7 Å². The molecule has 196 valence electrons. The van der Waals surface area contributed by atoms with Crippen LogP contribution in [0.5, 0.6) is 17.2 Å². The Morgan fingerprint density at radius 3 is 2.68 bits per heavy atom. The molecule has 3 amide bonds. The Kier molecular flexibility index (Phi) is 7.37. The summed E-state index contributed by atoms with van der Waals surface area (Å²) in [5.41, 5.74) is 2.95. The molecule has 0 saturated carbocycles. The summed E-state index contributed by atoms with van der Waals surface area (Å²) in [5, 5.41) is 6.25. The van der Waals surface area contributed by atoms with Crippen molar-refractivity contribution in [3.05, 3.63) is 76.8 Å². The minimum Gasteiger partial charge on any atom is -0.484 e. The molecule has 1 saturated heterocycles. The molecule has 1 atom stereocenters. The molecule has 3 aromatic carbocycles. The lowest BCUT2D eigenvalue weighted by Gasteiger charge is -2.17. The average Bonchev–Trinajstić information content (AvgIpc) is 3.55. The largest absolute Gasteiger partial charge is 0.484 e. The second kappa shape index (κ2) is 11.0. The van der Waals surface area contributed by atoms with E-state index in [2.05, 4.69) is 10.6 Å². The number of ether oxygens (including phenoxy) is 3. The minimum absolute atomic E-state index is 0.127. The molecule has 2 heterocycles. The summed E-state index contributed by atoms with van der Waals surface area (Å²) in [6, 6.07) is 17.6. The van der Waals surface area contributed by atoms with Crippen LogP contribution in [0, 0.1) is 12.8 Å². The van der Waals surface area contributed by atoms with E-state index in [1.54, 1.807) is 47.4 Å². The first-order valence-corrected chi connectivity index (χ1v) is 12.5. The quantitative estimate of drug-likeness (QED) is 0.450. The highest BCUT2D eigenvalue weighted by atomic mass is 35.5. The van der Waals surface area contributed by atoms with E-state index >= 15 is 0 Å². The van der Waals surface area contributed by atoms with Crippen molar-refractivity contribution in [1.82, 2.24) is 5.32 Å². The lowest BCUT2D eigenvalue weighted by atomic mass is 10.1. The third kappa shape index (κ3) is 5.68. The van der Waals surface area contributed by atoms with Gasteiger partial charge in [-0.25, -0.2) is 0 Å². The van der Waals surface area contributed by atoms with Crippen LogP contribution in [0.3, 0.4) is 0 Å². The van der Waals surface area contributed by atoms with Crippen molar-refractivity contribution in [3.63, 3.8) is 0 Å². The molecule has 9 nitrogen and oxygen atoms in total. The van der Waals surface area contributed by atoms with Crippen molar-refractivity contribution in [3.8, 4) is 17.2 Å². The van der Waals surface area contributed by atoms with Crippen molar-refractivity contribution >= 4 is 40.7 Å². The molecule has 5 rings (SSSR count). The highest BCUT2D eigenvalue weighted by Crippen LogP contribution is 2.32. The van der Waals surface area contributed by atoms with E-state index in [-0.39, 0.29) is 44.1 Å². The lowest BCUT2D eigenvalue weighted by Crippen LogP contribution is -2.32. The predicted octanol–water partition coefficient (Wildman–Crippen LogP) is 4.06. The van der Waals surface area contributed by atoms with Gasteiger partial charge in [0.25, 0.3) is 5.91 Å². The second-order valence-corrected chi connectivity index (χ2v) is 9.46. The molecular weight excluding hydrogens is 510 g/mol. The summed E-state index contributed by atoms with van der Waals surface area (Å²) in [5.74, 6) is 0.747. The molecule has 0 bridgehead atoms. The monoisotopic (exact) mass is 535 g/mol. The van der Waals surface area contributed by atoms with Crippen LogP contribution in [-0.2, 0) is 20.9 Å². The summed E-state index contributed by atoms with van der Waals surface area (Å²) < 4.78 is 16.3. The van der Waals surface area contributed by atoms with Crippen molar-refractivity contribution < 1.29 is 28.6 Å². The zero-order chi connectivity index (χ0) is 26.6. The number of hydrogen-bond donors (Lipinski definition) is 2. The van der Waals surface area contributed by atoms with Gasteiger partial charge in [-0.3, -0.25) is 14.4 Å². The van der Waals surface area contributed by atoms with Gasteiger partial charge in [-0.05, 0) is 66.6 Å². The standard InChI is InChI=1S/C28H26ClN3O6/c1-17-22(29)3-2-4-23(17)31-26(33)15-36-21-8-6-20(7-9-21)32-14-19(12-27(32)34)28(35)30-13-18-5-10-24-25(11-18)38-16-37-24/h2-11,19H,12-16H2,1H3,(H,30,35)(H,31,33)/t19-/m1/s1. The fraction of sp³-hybridized carbons (Fsp3) is 0.250. The van der Waals surface area contributed by atoms with Crippen molar-refractivity contribution in [2.75, 3.05) is 30.2 Å². The molecule has 38 heavy (non-hydrogen) atoms. The first-order chi connectivity index (χ1) is 18.4. The van der Waals surface area contributed by atoms with E-state index in [0.29, 0.717) is 40.2 Å². The van der Waals surface area contributed by atoms with E-state index in [1.807, 2.05) is 25.1 Å². The van der Waals surface area contributed by atoms with E-state index in [0.717, 1.165) is 11.1 Å². The van der Waals surface area contributed by atoms with Gasteiger partial charge in [-0.2, -0.15) is 0 Å². The van der Waals surface area contributed by atoms with Crippen molar-refractivity contribution in [2.45, 2.75) is 19.9 Å². The average molecular weight is 536 g/mol. The molecule has 0 radical (unpaired) electrons. The van der Waals surface area contributed by atoms with Gasteiger partial charge in [0.2, 0.25) is 18.6 Å². The Balaban J connectivity index is 1.11. The Morgan fingerprint density at radius 2 is 1.87 bits per heavy atom. The first-order valence-electron chi connectivity index (χ1n) is 12.1. The first kappa shape index (κ1) is 25.4. The zero-order valence-corrected chi connectivity index (χ0v) is 21.4. The molecule has 0 spiro atoms.